The Kier molecular flexibility index (Phi) is 4.32. The molecule has 1 heterocycles. The van der Waals surface area contributed by atoms with Crippen molar-refractivity contribution in [3.05, 3.63) is 0 Å². The fraction of sp³-hybridized carbons (Fsp3) is 1.00. The number of alkyl halides is 2. The first-order chi connectivity index (χ1) is 6.68. The van der Waals surface area contributed by atoms with Crippen LogP contribution in [0.25, 0.3) is 0 Å². The van der Waals surface area contributed by atoms with E-state index in [4.69, 9.17) is 4.74 Å². The number of halogens is 3. The molecule has 2 rings (SSSR count). The van der Waals surface area contributed by atoms with Gasteiger partial charge >= 0.3 is 0 Å². The van der Waals surface area contributed by atoms with Crippen LogP contribution in [-0.2, 0) is 4.74 Å². The SMILES string of the molecule is COCC1C(C2CCNCC2)C1(F)F.Cl. The third-order valence-electron chi connectivity index (χ3n) is 3.50. The van der Waals surface area contributed by atoms with Crippen LogP contribution >= 0.6 is 12.4 Å². The van der Waals surface area contributed by atoms with Gasteiger partial charge in [0.2, 0.25) is 0 Å². The van der Waals surface area contributed by atoms with Crippen molar-refractivity contribution in [1.82, 2.24) is 5.32 Å². The number of rotatable bonds is 3. The van der Waals surface area contributed by atoms with Gasteiger partial charge in [0.15, 0.2) is 0 Å². The molecule has 0 radical (unpaired) electrons. The molecule has 2 nitrogen and oxygen atoms in total. The van der Waals surface area contributed by atoms with Crippen LogP contribution in [0.1, 0.15) is 12.8 Å². The van der Waals surface area contributed by atoms with Crippen LogP contribution in [0.15, 0.2) is 0 Å². The molecule has 1 saturated heterocycles. The Morgan fingerprint density at radius 1 is 1.33 bits per heavy atom. The zero-order valence-electron chi connectivity index (χ0n) is 8.84. The van der Waals surface area contributed by atoms with Gasteiger partial charge in [-0.15, -0.1) is 12.4 Å². The van der Waals surface area contributed by atoms with Gasteiger partial charge in [-0.05, 0) is 31.8 Å². The molecule has 2 atom stereocenters. The molecule has 1 N–H and O–H groups in total. The molecule has 0 aromatic heterocycles. The Balaban J connectivity index is 0.00000112. The second-order valence-electron chi connectivity index (χ2n) is 4.35. The van der Waals surface area contributed by atoms with E-state index in [1.54, 1.807) is 0 Å². The van der Waals surface area contributed by atoms with E-state index in [1.807, 2.05) is 0 Å². The minimum absolute atomic E-state index is 0. The predicted octanol–water partition coefficient (Wildman–Crippen LogP) is 1.94. The first kappa shape index (κ1) is 13.1. The third-order valence-corrected chi connectivity index (χ3v) is 3.50. The summed E-state index contributed by atoms with van der Waals surface area (Å²) < 4.78 is 31.5. The summed E-state index contributed by atoms with van der Waals surface area (Å²) in [7, 11) is 1.49. The lowest BCUT2D eigenvalue weighted by atomic mass is 9.92. The summed E-state index contributed by atoms with van der Waals surface area (Å²) >= 11 is 0. The van der Waals surface area contributed by atoms with Crippen LogP contribution < -0.4 is 5.32 Å². The minimum atomic E-state index is -2.46. The molecule has 5 heteroatoms. The van der Waals surface area contributed by atoms with Gasteiger partial charge in [-0.3, -0.25) is 0 Å². The summed E-state index contributed by atoms with van der Waals surface area (Å²) in [5.41, 5.74) is 0. The molecule has 0 aromatic rings. The Bertz CT molecular complexity index is 210. The van der Waals surface area contributed by atoms with Gasteiger partial charge in [0.1, 0.15) is 0 Å². The van der Waals surface area contributed by atoms with Crippen molar-refractivity contribution in [2.75, 3.05) is 26.8 Å². The summed E-state index contributed by atoms with van der Waals surface area (Å²) in [4.78, 5) is 0. The molecule has 1 aliphatic heterocycles. The zero-order chi connectivity index (χ0) is 10.2. The van der Waals surface area contributed by atoms with Crippen molar-refractivity contribution in [1.29, 1.82) is 0 Å². The summed E-state index contributed by atoms with van der Waals surface area (Å²) in [6, 6.07) is 0. The average molecular weight is 242 g/mol. The summed E-state index contributed by atoms with van der Waals surface area (Å²) in [5, 5.41) is 3.20. The van der Waals surface area contributed by atoms with Crippen LogP contribution in [0.4, 0.5) is 8.78 Å². The van der Waals surface area contributed by atoms with E-state index in [9.17, 15) is 8.78 Å². The van der Waals surface area contributed by atoms with Gasteiger partial charge in [0.25, 0.3) is 5.92 Å². The maximum Gasteiger partial charge on any atom is 0.257 e. The summed E-state index contributed by atoms with van der Waals surface area (Å²) in [5.74, 6) is -3.19. The highest BCUT2D eigenvalue weighted by Gasteiger charge is 2.69. The molecule has 90 valence electrons. The van der Waals surface area contributed by atoms with Crippen molar-refractivity contribution in [2.24, 2.45) is 17.8 Å². The normalized spacial score (nSPS) is 34.6. The molecule has 2 unspecified atom stereocenters. The van der Waals surface area contributed by atoms with Gasteiger partial charge in [-0.25, -0.2) is 8.78 Å². The van der Waals surface area contributed by atoms with Crippen molar-refractivity contribution in [3.8, 4) is 0 Å². The lowest BCUT2D eigenvalue weighted by Gasteiger charge is -2.22. The number of hydrogen-bond donors (Lipinski definition) is 1. The van der Waals surface area contributed by atoms with E-state index in [2.05, 4.69) is 5.32 Å². The monoisotopic (exact) mass is 241 g/mol. The molecular weight excluding hydrogens is 224 g/mol. The minimum Gasteiger partial charge on any atom is -0.384 e. The van der Waals surface area contributed by atoms with Crippen LogP contribution in [0, 0.1) is 17.8 Å². The van der Waals surface area contributed by atoms with Gasteiger partial charge in [-0.1, -0.05) is 0 Å². The second-order valence-corrected chi connectivity index (χ2v) is 4.35. The first-order valence-corrected chi connectivity index (χ1v) is 5.25. The predicted molar refractivity (Wildman–Crippen MR) is 56.6 cm³/mol. The molecule has 15 heavy (non-hydrogen) atoms. The van der Waals surface area contributed by atoms with Gasteiger partial charge in [0.05, 0.1) is 12.5 Å². The van der Waals surface area contributed by atoms with Gasteiger partial charge in [-0.2, -0.15) is 0 Å². The molecule has 0 aromatic carbocycles. The van der Waals surface area contributed by atoms with Crippen LogP contribution in [-0.4, -0.2) is 32.7 Å². The molecular formula is C10H18ClF2NO. The Morgan fingerprint density at radius 2 is 1.93 bits per heavy atom. The fourth-order valence-corrected chi connectivity index (χ4v) is 2.66. The van der Waals surface area contributed by atoms with Gasteiger partial charge in [0, 0.05) is 13.0 Å². The number of nitrogens with one attached hydrogen (secondary N) is 1. The molecule has 1 saturated carbocycles. The molecule has 0 spiro atoms. The van der Waals surface area contributed by atoms with Crippen molar-refractivity contribution in [2.45, 2.75) is 18.8 Å². The Hall–Kier alpha value is 0.0700. The Labute approximate surface area is 95.2 Å². The lowest BCUT2D eigenvalue weighted by Crippen LogP contribution is -2.29. The summed E-state index contributed by atoms with van der Waals surface area (Å²) in [6.45, 7) is 1.98. The smallest absolute Gasteiger partial charge is 0.257 e. The number of hydrogen-bond acceptors (Lipinski definition) is 2. The Morgan fingerprint density at radius 3 is 2.47 bits per heavy atom. The molecule has 2 fully saturated rings. The van der Waals surface area contributed by atoms with E-state index >= 15 is 0 Å². The van der Waals surface area contributed by atoms with Crippen LogP contribution in [0.3, 0.4) is 0 Å². The second kappa shape index (κ2) is 4.93. The average Bonchev–Trinajstić information content (AvgIpc) is 2.71. The highest BCUT2D eigenvalue weighted by molar-refractivity contribution is 5.85. The van der Waals surface area contributed by atoms with Crippen molar-refractivity contribution in [3.63, 3.8) is 0 Å². The van der Waals surface area contributed by atoms with Crippen LogP contribution in [0.5, 0.6) is 0 Å². The molecule has 2 aliphatic rings. The maximum absolute atomic E-state index is 13.3. The van der Waals surface area contributed by atoms with Crippen molar-refractivity contribution < 1.29 is 13.5 Å². The lowest BCUT2D eigenvalue weighted by molar-refractivity contribution is 0.0561. The number of methoxy groups -OCH3 is 1. The summed E-state index contributed by atoms with van der Waals surface area (Å²) in [6.07, 6.45) is 1.78. The quantitative estimate of drug-likeness (QED) is 0.816. The zero-order valence-corrected chi connectivity index (χ0v) is 9.66. The van der Waals surface area contributed by atoms with E-state index in [-0.39, 0.29) is 24.9 Å². The highest BCUT2D eigenvalue weighted by Crippen LogP contribution is 2.60. The largest absolute Gasteiger partial charge is 0.384 e. The van der Waals surface area contributed by atoms with E-state index in [0.717, 1.165) is 25.9 Å². The standard InChI is InChI=1S/C10H17F2NO.ClH/c1-14-6-8-9(10(8,11)12)7-2-4-13-5-3-7;/h7-9,13H,2-6H2,1H3;1H. The molecule has 0 amide bonds. The third kappa shape index (κ3) is 2.43. The number of ether oxygens (including phenoxy) is 1. The molecule has 1 aliphatic carbocycles. The van der Waals surface area contributed by atoms with E-state index < -0.39 is 17.8 Å². The van der Waals surface area contributed by atoms with Crippen LogP contribution in [0.2, 0.25) is 0 Å². The number of piperidine rings is 1. The van der Waals surface area contributed by atoms with E-state index in [0.29, 0.717) is 0 Å². The maximum atomic E-state index is 13.3. The fourth-order valence-electron chi connectivity index (χ4n) is 2.66. The van der Waals surface area contributed by atoms with Crippen molar-refractivity contribution >= 4 is 12.4 Å². The first-order valence-electron chi connectivity index (χ1n) is 5.25. The van der Waals surface area contributed by atoms with E-state index in [1.165, 1.54) is 7.11 Å². The topological polar surface area (TPSA) is 21.3 Å². The highest BCUT2D eigenvalue weighted by atomic mass is 35.5. The molecule has 0 bridgehead atoms. The van der Waals surface area contributed by atoms with Gasteiger partial charge < -0.3 is 10.1 Å².